The van der Waals surface area contributed by atoms with Crippen molar-refractivity contribution >= 4 is 5.82 Å². The van der Waals surface area contributed by atoms with E-state index in [4.69, 9.17) is 4.74 Å². The summed E-state index contributed by atoms with van der Waals surface area (Å²) in [4.78, 5) is 3.56. The molecular weight excluding hydrogens is 247 g/mol. The van der Waals surface area contributed by atoms with Gasteiger partial charge in [-0.05, 0) is 12.1 Å². The summed E-state index contributed by atoms with van der Waals surface area (Å²) in [5.41, 5.74) is -0.896. The van der Waals surface area contributed by atoms with E-state index in [0.717, 1.165) is 6.07 Å². The van der Waals surface area contributed by atoms with Crippen LogP contribution in [-0.4, -0.2) is 37.3 Å². The topological polar surface area (TPSA) is 46.2 Å². The van der Waals surface area contributed by atoms with Gasteiger partial charge in [-0.3, -0.25) is 0 Å². The first kappa shape index (κ1) is 13.1. The van der Waals surface area contributed by atoms with Crippen LogP contribution in [0.3, 0.4) is 0 Å². The summed E-state index contributed by atoms with van der Waals surface area (Å²) in [6.07, 6.45) is -4.49. The Morgan fingerprint density at radius 3 is 2.83 bits per heavy atom. The van der Waals surface area contributed by atoms with E-state index in [1.807, 2.05) is 0 Å². The number of nitrogens with zero attached hydrogens (tertiary/aromatic N) is 1. The lowest BCUT2D eigenvalue weighted by atomic mass is 10.2. The molecule has 0 aliphatic carbocycles. The van der Waals surface area contributed by atoms with Crippen LogP contribution in [0.4, 0.5) is 19.0 Å². The molecule has 2 rings (SSSR count). The molecular formula is C11H14F3N3O. The lowest BCUT2D eigenvalue weighted by molar-refractivity contribution is -0.141. The van der Waals surface area contributed by atoms with Gasteiger partial charge >= 0.3 is 6.18 Å². The molecule has 0 bridgehead atoms. The predicted molar refractivity (Wildman–Crippen MR) is 60.3 cm³/mol. The van der Waals surface area contributed by atoms with Gasteiger partial charge in [0.2, 0.25) is 0 Å². The SMILES string of the molecule is CO[C@H]1CNCC1Nc1cccc(C(F)(F)F)n1. The third-order valence-corrected chi connectivity index (χ3v) is 2.83. The number of alkyl halides is 3. The predicted octanol–water partition coefficient (Wildman–Crippen LogP) is 1.50. The quantitative estimate of drug-likeness (QED) is 0.865. The molecule has 0 amide bonds. The monoisotopic (exact) mass is 261 g/mol. The summed E-state index contributed by atoms with van der Waals surface area (Å²) in [5, 5.41) is 6.06. The maximum absolute atomic E-state index is 12.5. The molecule has 1 aromatic rings. The first-order chi connectivity index (χ1) is 8.50. The molecule has 1 saturated heterocycles. The van der Waals surface area contributed by atoms with Gasteiger partial charge < -0.3 is 15.4 Å². The van der Waals surface area contributed by atoms with Crippen molar-refractivity contribution in [1.82, 2.24) is 10.3 Å². The fraction of sp³-hybridized carbons (Fsp3) is 0.545. The second-order valence-corrected chi connectivity index (χ2v) is 4.09. The molecule has 0 aromatic carbocycles. The first-order valence-electron chi connectivity index (χ1n) is 5.55. The molecule has 1 aliphatic rings. The number of rotatable bonds is 3. The van der Waals surface area contributed by atoms with E-state index in [1.165, 1.54) is 12.1 Å². The second kappa shape index (κ2) is 5.11. The number of aromatic nitrogens is 1. The van der Waals surface area contributed by atoms with Crippen molar-refractivity contribution in [3.8, 4) is 0 Å². The van der Waals surface area contributed by atoms with Crippen molar-refractivity contribution in [3.05, 3.63) is 23.9 Å². The zero-order chi connectivity index (χ0) is 13.2. The van der Waals surface area contributed by atoms with Crippen molar-refractivity contribution in [1.29, 1.82) is 0 Å². The minimum atomic E-state index is -4.42. The fourth-order valence-electron chi connectivity index (χ4n) is 1.91. The Hall–Kier alpha value is -1.34. The van der Waals surface area contributed by atoms with Crippen LogP contribution in [0.15, 0.2) is 18.2 Å². The van der Waals surface area contributed by atoms with Crippen LogP contribution in [-0.2, 0) is 10.9 Å². The van der Waals surface area contributed by atoms with Gasteiger partial charge in [0.15, 0.2) is 0 Å². The van der Waals surface area contributed by atoms with Crippen LogP contribution in [0.1, 0.15) is 5.69 Å². The normalized spacial score (nSPS) is 24.2. The Kier molecular flexibility index (Phi) is 3.72. The summed E-state index contributed by atoms with van der Waals surface area (Å²) in [6, 6.07) is 3.72. The van der Waals surface area contributed by atoms with Crippen LogP contribution in [0.25, 0.3) is 0 Å². The Morgan fingerprint density at radius 1 is 1.39 bits per heavy atom. The van der Waals surface area contributed by atoms with E-state index in [2.05, 4.69) is 15.6 Å². The molecule has 2 atom stereocenters. The van der Waals surface area contributed by atoms with Gasteiger partial charge in [0, 0.05) is 20.2 Å². The Labute approximate surface area is 103 Å². The Morgan fingerprint density at radius 2 is 2.17 bits per heavy atom. The van der Waals surface area contributed by atoms with Crippen LogP contribution in [0, 0.1) is 0 Å². The van der Waals surface area contributed by atoms with Gasteiger partial charge in [-0.2, -0.15) is 13.2 Å². The molecule has 1 fully saturated rings. The highest BCUT2D eigenvalue weighted by Gasteiger charge is 2.33. The zero-order valence-corrected chi connectivity index (χ0v) is 9.79. The molecule has 2 heterocycles. The number of nitrogens with one attached hydrogen (secondary N) is 2. The van der Waals surface area contributed by atoms with E-state index < -0.39 is 11.9 Å². The maximum Gasteiger partial charge on any atom is 0.433 e. The van der Waals surface area contributed by atoms with Crippen molar-refractivity contribution < 1.29 is 17.9 Å². The minimum Gasteiger partial charge on any atom is -0.378 e. The van der Waals surface area contributed by atoms with Crippen LogP contribution < -0.4 is 10.6 Å². The summed E-state index contributed by atoms with van der Waals surface area (Å²) in [6.45, 7) is 1.31. The summed E-state index contributed by atoms with van der Waals surface area (Å²) < 4.78 is 42.7. The van der Waals surface area contributed by atoms with E-state index in [1.54, 1.807) is 7.11 Å². The van der Waals surface area contributed by atoms with Crippen LogP contribution in [0.5, 0.6) is 0 Å². The van der Waals surface area contributed by atoms with Gasteiger partial charge in [-0.15, -0.1) is 0 Å². The van der Waals surface area contributed by atoms with Gasteiger partial charge in [0.05, 0.1) is 12.1 Å². The number of hydrogen-bond acceptors (Lipinski definition) is 4. The number of methoxy groups -OCH3 is 1. The smallest absolute Gasteiger partial charge is 0.378 e. The molecule has 100 valence electrons. The Balaban J connectivity index is 2.10. The maximum atomic E-state index is 12.5. The number of hydrogen-bond donors (Lipinski definition) is 2. The molecule has 2 N–H and O–H groups in total. The van der Waals surface area contributed by atoms with Gasteiger partial charge in [-0.25, -0.2) is 4.98 Å². The molecule has 1 aliphatic heterocycles. The number of anilines is 1. The molecule has 7 heteroatoms. The average Bonchev–Trinajstić information content (AvgIpc) is 2.75. The summed E-state index contributed by atoms with van der Waals surface area (Å²) in [5.74, 6) is 0.209. The lowest BCUT2D eigenvalue weighted by Crippen LogP contribution is -2.34. The second-order valence-electron chi connectivity index (χ2n) is 4.09. The molecule has 0 saturated carbocycles. The molecule has 1 aromatic heterocycles. The summed E-state index contributed by atoms with van der Waals surface area (Å²) >= 11 is 0. The largest absolute Gasteiger partial charge is 0.433 e. The highest BCUT2D eigenvalue weighted by molar-refractivity contribution is 5.38. The van der Waals surface area contributed by atoms with Crippen LogP contribution >= 0.6 is 0 Å². The third kappa shape index (κ3) is 2.91. The van der Waals surface area contributed by atoms with Gasteiger partial charge in [0.1, 0.15) is 11.5 Å². The van der Waals surface area contributed by atoms with Crippen molar-refractivity contribution in [2.75, 3.05) is 25.5 Å². The average molecular weight is 261 g/mol. The Bertz CT molecular complexity index is 411. The van der Waals surface area contributed by atoms with E-state index in [0.29, 0.717) is 13.1 Å². The van der Waals surface area contributed by atoms with Gasteiger partial charge in [-0.1, -0.05) is 6.07 Å². The minimum absolute atomic E-state index is 0.0682. The van der Waals surface area contributed by atoms with Crippen molar-refractivity contribution in [3.63, 3.8) is 0 Å². The third-order valence-electron chi connectivity index (χ3n) is 2.83. The van der Waals surface area contributed by atoms with Crippen LogP contribution in [0.2, 0.25) is 0 Å². The van der Waals surface area contributed by atoms with Gasteiger partial charge in [0.25, 0.3) is 0 Å². The number of ether oxygens (including phenoxy) is 1. The van der Waals surface area contributed by atoms with E-state index >= 15 is 0 Å². The molecule has 0 spiro atoms. The number of pyridine rings is 1. The number of halogens is 3. The van der Waals surface area contributed by atoms with Crippen molar-refractivity contribution in [2.45, 2.75) is 18.3 Å². The zero-order valence-electron chi connectivity index (χ0n) is 9.79. The van der Waals surface area contributed by atoms with E-state index in [9.17, 15) is 13.2 Å². The lowest BCUT2D eigenvalue weighted by Gasteiger charge is -2.19. The fourth-order valence-corrected chi connectivity index (χ4v) is 1.91. The molecule has 18 heavy (non-hydrogen) atoms. The van der Waals surface area contributed by atoms with Crippen molar-refractivity contribution in [2.24, 2.45) is 0 Å². The highest BCUT2D eigenvalue weighted by atomic mass is 19.4. The highest BCUT2D eigenvalue weighted by Crippen LogP contribution is 2.28. The molecule has 4 nitrogen and oxygen atoms in total. The standard InChI is InChI=1S/C11H14F3N3O/c1-18-8-6-15-5-7(8)16-10-4-2-3-9(17-10)11(12,13)14/h2-4,7-8,15H,5-6H2,1H3,(H,16,17)/t7?,8-/m0/s1. The molecule has 1 unspecified atom stereocenters. The summed E-state index contributed by atoms with van der Waals surface area (Å²) in [7, 11) is 1.58. The first-order valence-corrected chi connectivity index (χ1v) is 5.55. The van der Waals surface area contributed by atoms with E-state index in [-0.39, 0.29) is 18.0 Å². The molecule has 0 radical (unpaired) electrons.